The fraction of sp³-hybridized carbons (Fsp3) is 0.286. The first kappa shape index (κ1) is 21.7. The van der Waals surface area contributed by atoms with Crippen molar-refractivity contribution in [2.75, 3.05) is 27.9 Å². The molecule has 0 saturated carbocycles. The number of methoxy groups -OCH3 is 3. The van der Waals surface area contributed by atoms with Crippen molar-refractivity contribution in [1.29, 1.82) is 0 Å². The van der Waals surface area contributed by atoms with Crippen molar-refractivity contribution in [2.45, 2.75) is 12.8 Å². The highest BCUT2D eigenvalue weighted by molar-refractivity contribution is 5.97. The number of hydrogen-bond donors (Lipinski definition) is 2. The van der Waals surface area contributed by atoms with Crippen molar-refractivity contribution in [3.8, 4) is 17.2 Å². The molecule has 2 amide bonds. The maximum absolute atomic E-state index is 11.9. The number of rotatable bonds is 10. The first-order valence-electron chi connectivity index (χ1n) is 9.00. The number of nitrogens with one attached hydrogen (secondary N) is 2. The van der Waals surface area contributed by atoms with E-state index in [0.29, 0.717) is 30.2 Å². The fourth-order valence-corrected chi connectivity index (χ4v) is 2.58. The molecule has 0 aliphatic carbocycles. The minimum Gasteiger partial charge on any atom is -0.496 e. The van der Waals surface area contributed by atoms with Gasteiger partial charge in [0.15, 0.2) is 11.5 Å². The molecule has 2 aromatic carbocycles. The second-order valence-electron chi connectivity index (χ2n) is 6.00. The van der Waals surface area contributed by atoms with E-state index >= 15 is 0 Å². The average molecular weight is 399 g/mol. The fourth-order valence-electron chi connectivity index (χ4n) is 2.58. The van der Waals surface area contributed by atoms with Crippen LogP contribution in [-0.4, -0.2) is 45.9 Å². The Morgan fingerprint density at radius 3 is 2.38 bits per heavy atom. The first-order valence-corrected chi connectivity index (χ1v) is 9.00. The van der Waals surface area contributed by atoms with Crippen LogP contribution in [0, 0.1) is 0 Å². The highest BCUT2D eigenvalue weighted by Crippen LogP contribution is 2.27. The molecule has 0 heterocycles. The topological polar surface area (TPSA) is 98.2 Å². The van der Waals surface area contributed by atoms with Crippen molar-refractivity contribution < 1.29 is 23.8 Å². The van der Waals surface area contributed by atoms with E-state index in [1.807, 2.05) is 30.3 Å². The van der Waals surface area contributed by atoms with E-state index in [4.69, 9.17) is 14.2 Å². The smallest absolute Gasteiger partial charge is 0.249 e. The van der Waals surface area contributed by atoms with Crippen LogP contribution in [0.15, 0.2) is 47.6 Å². The number of benzene rings is 2. The van der Waals surface area contributed by atoms with Crippen LogP contribution in [-0.2, 0) is 16.0 Å². The van der Waals surface area contributed by atoms with Crippen LogP contribution in [0.3, 0.4) is 0 Å². The molecule has 0 aliphatic heterocycles. The van der Waals surface area contributed by atoms with Crippen LogP contribution >= 0.6 is 0 Å². The standard InChI is InChI=1S/C21H25N3O5/c1-27-17-7-5-4-6-16(17)14-23-24-21(26)13-20(25)22-11-10-15-8-9-18(28-2)19(12-15)29-3/h4-9,12,14H,10-11,13H2,1-3H3,(H,22,25)(H,24,26)/b23-14-. The van der Waals surface area contributed by atoms with Crippen molar-refractivity contribution in [3.05, 3.63) is 53.6 Å². The Labute approximate surface area is 169 Å². The molecule has 0 aliphatic rings. The van der Waals surface area contributed by atoms with Crippen LogP contribution in [0.25, 0.3) is 0 Å². The van der Waals surface area contributed by atoms with Crippen LogP contribution in [0.2, 0.25) is 0 Å². The Morgan fingerprint density at radius 1 is 0.931 bits per heavy atom. The summed E-state index contributed by atoms with van der Waals surface area (Å²) in [6.45, 7) is 0.395. The highest BCUT2D eigenvalue weighted by Gasteiger charge is 2.09. The van der Waals surface area contributed by atoms with E-state index in [1.54, 1.807) is 33.5 Å². The molecule has 8 heteroatoms. The Morgan fingerprint density at radius 2 is 1.66 bits per heavy atom. The number of para-hydroxylation sites is 1. The van der Waals surface area contributed by atoms with Crippen molar-refractivity contribution in [3.63, 3.8) is 0 Å². The quantitative estimate of drug-likeness (QED) is 0.361. The largest absolute Gasteiger partial charge is 0.496 e. The summed E-state index contributed by atoms with van der Waals surface area (Å²) in [7, 11) is 4.69. The molecule has 2 N–H and O–H groups in total. The molecule has 2 aromatic rings. The lowest BCUT2D eigenvalue weighted by molar-refractivity contribution is -0.129. The molecule has 0 bridgehead atoms. The molecule has 0 unspecified atom stereocenters. The van der Waals surface area contributed by atoms with Crippen LogP contribution in [0.5, 0.6) is 17.2 Å². The number of hydrogen-bond acceptors (Lipinski definition) is 6. The summed E-state index contributed by atoms with van der Waals surface area (Å²) < 4.78 is 15.6. The number of carbonyl (C=O) groups excluding carboxylic acids is 2. The van der Waals surface area contributed by atoms with Gasteiger partial charge in [-0.2, -0.15) is 5.10 Å². The van der Waals surface area contributed by atoms with E-state index < -0.39 is 5.91 Å². The lowest BCUT2D eigenvalue weighted by atomic mass is 10.1. The van der Waals surface area contributed by atoms with Crippen LogP contribution in [0.4, 0.5) is 0 Å². The third-order valence-electron chi connectivity index (χ3n) is 4.04. The maximum atomic E-state index is 11.9. The third-order valence-corrected chi connectivity index (χ3v) is 4.04. The van der Waals surface area contributed by atoms with E-state index in [1.165, 1.54) is 6.21 Å². The molecule has 0 fully saturated rings. The van der Waals surface area contributed by atoms with Gasteiger partial charge in [-0.05, 0) is 36.2 Å². The van der Waals surface area contributed by atoms with Crippen molar-refractivity contribution in [2.24, 2.45) is 5.10 Å². The molecule has 0 saturated heterocycles. The number of hydrazone groups is 1. The number of ether oxygens (including phenoxy) is 3. The molecular formula is C21H25N3O5. The second kappa shape index (κ2) is 11.3. The molecular weight excluding hydrogens is 374 g/mol. The Bertz CT molecular complexity index is 867. The van der Waals surface area contributed by atoms with Gasteiger partial charge in [-0.1, -0.05) is 18.2 Å². The molecule has 29 heavy (non-hydrogen) atoms. The molecule has 8 nitrogen and oxygen atoms in total. The molecule has 2 rings (SSSR count). The van der Waals surface area contributed by atoms with Crippen molar-refractivity contribution >= 4 is 18.0 Å². The summed E-state index contributed by atoms with van der Waals surface area (Å²) in [6.07, 6.45) is 1.75. The van der Waals surface area contributed by atoms with Gasteiger partial charge in [0.2, 0.25) is 11.8 Å². The molecule has 154 valence electrons. The monoisotopic (exact) mass is 399 g/mol. The predicted octanol–water partition coefficient (Wildman–Crippen LogP) is 1.91. The normalized spacial score (nSPS) is 10.4. The molecule has 0 radical (unpaired) electrons. The van der Waals surface area contributed by atoms with E-state index in [0.717, 1.165) is 11.1 Å². The van der Waals surface area contributed by atoms with E-state index in [9.17, 15) is 9.59 Å². The van der Waals surface area contributed by atoms with Gasteiger partial charge < -0.3 is 19.5 Å². The van der Waals surface area contributed by atoms with Gasteiger partial charge in [0.1, 0.15) is 12.2 Å². The zero-order valence-corrected chi connectivity index (χ0v) is 16.7. The zero-order chi connectivity index (χ0) is 21.1. The number of carbonyl (C=O) groups is 2. The minimum atomic E-state index is -0.500. The van der Waals surface area contributed by atoms with Gasteiger partial charge in [0.25, 0.3) is 0 Å². The number of amides is 2. The van der Waals surface area contributed by atoms with Gasteiger partial charge in [-0.3, -0.25) is 9.59 Å². The summed E-state index contributed by atoms with van der Waals surface area (Å²) in [5, 5.41) is 6.57. The predicted molar refractivity (Wildman–Crippen MR) is 110 cm³/mol. The van der Waals surface area contributed by atoms with Gasteiger partial charge >= 0.3 is 0 Å². The molecule has 0 atom stereocenters. The van der Waals surface area contributed by atoms with Crippen LogP contribution < -0.4 is 25.0 Å². The second-order valence-corrected chi connectivity index (χ2v) is 6.00. The lowest BCUT2D eigenvalue weighted by Gasteiger charge is -2.10. The van der Waals surface area contributed by atoms with Gasteiger partial charge in [-0.15, -0.1) is 0 Å². The van der Waals surface area contributed by atoms with E-state index in [-0.39, 0.29) is 12.3 Å². The van der Waals surface area contributed by atoms with Gasteiger partial charge in [0, 0.05) is 12.1 Å². The zero-order valence-electron chi connectivity index (χ0n) is 16.7. The highest BCUT2D eigenvalue weighted by atomic mass is 16.5. The third kappa shape index (κ3) is 6.84. The SMILES string of the molecule is COc1ccccc1/C=N\NC(=O)CC(=O)NCCc1ccc(OC)c(OC)c1. The van der Waals surface area contributed by atoms with Gasteiger partial charge in [-0.25, -0.2) is 5.43 Å². The maximum Gasteiger partial charge on any atom is 0.249 e. The Balaban J connectivity index is 1.75. The summed E-state index contributed by atoms with van der Waals surface area (Å²) >= 11 is 0. The van der Waals surface area contributed by atoms with Gasteiger partial charge in [0.05, 0.1) is 27.5 Å². The molecule has 0 aromatic heterocycles. The molecule has 0 spiro atoms. The Hall–Kier alpha value is -3.55. The van der Waals surface area contributed by atoms with E-state index in [2.05, 4.69) is 15.8 Å². The van der Waals surface area contributed by atoms with Crippen molar-refractivity contribution in [1.82, 2.24) is 10.7 Å². The minimum absolute atomic E-state index is 0.310. The summed E-state index contributed by atoms with van der Waals surface area (Å²) in [5.74, 6) is 1.03. The average Bonchev–Trinajstić information content (AvgIpc) is 2.73. The first-order chi connectivity index (χ1) is 14.1. The summed E-state index contributed by atoms with van der Waals surface area (Å²) in [6, 6.07) is 12.8. The Kier molecular flexibility index (Phi) is 8.50. The number of nitrogens with zero attached hydrogens (tertiary/aromatic N) is 1. The summed E-state index contributed by atoms with van der Waals surface area (Å²) in [5.41, 5.74) is 4.03. The lowest BCUT2D eigenvalue weighted by Crippen LogP contribution is -2.31. The summed E-state index contributed by atoms with van der Waals surface area (Å²) in [4.78, 5) is 23.8. The van der Waals surface area contributed by atoms with Crippen LogP contribution in [0.1, 0.15) is 17.5 Å².